The zero-order valence-corrected chi connectivity index (χ0v) is 16.7. The molecule has 1 saturated heterocycles. The van der Waals surface area contributed by atoms with Crippen LogP contribution >= 0.6 is 23.2 Å². The molecule has 4 N–H and O–H groups in total. The Bertz CT molecular complexity index is 788. The van der Waals surface area contributed by atoms with E-state index in [0.717, 1.165) is 5.57 Å². The quantitative estimate of drug-likeness (QED) is 0.512. The maximum atomic E-state index is 12.8. The van der Waals surface area contributed by atoms with Gasteiger partial charge in [-0.15, -0.1) is 0 Å². The van der Waals surface area contributed by atoms with Crippen LogP contribution in [0.5, 0.6) is 0 Å². The summed E-state index contributed by atoms with van der Waals surface area (Å²) < 4.78 is 0. The summed E-state index contributed by atoms with van der Waals surface area (Å²) in [5, 5.41) is 13.8. The maximum Gasteiger partial charge on any atom is 0.254 e. The number of aliphatic hydroxyl groups excluding tert-OH is 1. The third-order valence-corrected chi connectivity index (χ3v) is 4.69. The van der Waals surface area contributed by atoms with E-state index in [1.54, 1.807) is 19.1 Å². The molecule has 0 spiro atoms. The molecule has 1 aromatic rings. The predicted molar refractivity (Wildman–Crippen MR) is 108 cm³/mol. The molecular weight excluding hydrogens is 389 g/mol. The van der Waals surface area contributed by atoms with Crippen LogP contribution in [0.1, 0.15) is 30.6 Å². The van der Waals surface area contributed by atoms with E-state index in [2.05, 4.69) is 5.32 Å². The fourth-order valence-corrected chi connectivity index (χ4v) is 2.97. The van der Waals surface area contributed by atoms with Crippen LogP contribution in [0.4, 0.5) is 5.69 Å². The first-order valence-electron chi connectivity index (χ1n) is 8.50. The normalized spacial score (nSPS) is 20.7. The van der Waals surface area contributed by atoms with E-state index in [1.807, 2.05) is 13.0 Å². The number of rotatable bonds is 5. The highest BCUT2D eigenvalue weighted by molar-refractivity contribution is 6.33. The number of benzene rings is 1. The number of nitrogen functional groups attached to an aromatic ring is 1. The van der Waals surface area contributed by atoms with Gasteiger partial charge in [-0.05, 0) is 38.1 Å². The van der Waals surface area contributed by atoms with Crippen molar-refractivity contribution in [1.29, 1.82) is 0 Å². The predicted octanol–water partition coefficient (Wildman–Crippen LogP) is 2.70. The first-order valence-corrected chi connectivity index (χ1v) is 9.26. The summed E-state index contributed by atoms with van der Waals surface area (Å²) in [6.07, 6.45) is 2.98. The van der Waals surface area contributed by atoms with Gasteiger partial charge in [0.2, 0.25) is 5.91 Å². The van der Waals surface area contributed by atoms with Gasteiger partial charge in [0.15, 0.2) is 0 Å². The summed E-state index contributed by atoms with van der Waals surface area (Å²) in [4.78, 5) is 26.7. The molecule has 1 aliphatic heterocycles. The maximum absolute atomic E-state index is 12.8. The molecule has 1 heterocycles. The summed E-state index contributed by atoms with van der Waals surface area (Å²) in [7, 11) is 0. The number of allylic oxidation sites excluding steroid dienone is 3. The number of nitrogens with one attached hydrogen (secondary N) is 1. The molecule has 146 valence electrons. The van der Waals surface area contributed by atoms with Gasteiger partial charge in [-0.2, -0.15) is 0 Å². The summed E-state index contributed by atoms with van der Waals surface area (Å²) in [6, 6.07) is 3.81. The number of carbonyl (C=O) groups is 2. The van der Waals surface area contributed by atoms with Gasteiger partial charge in [0.05, 0.1) is 16.8 Å². The van der Waals surface area contributed by atoms with Crippen molar-refractivity contribution in [2.75, 3.05) is 18.8 Å². The van der Waals surface area contributed by atoms with Gasteiger partial charge in [-0.1, -0.05) is 34.9 Å². The second kappa shape index (κ2) is 9.26. The highest BCUT2D eigenvalue weighted by Crippen LogP contribution is 2.24. The summed E-state index contributed by atoms with van der Waals surface area (Å²) in [5.74, 6) is -0.691. The molecule has 0 aliphatic carbocycles. The zero-order chi connectivity index (χ0) is 20.1. The number of nitrogens with two attached hydrogens (primary N) is 1. The molecule has 27 heavy (non-hydrogen) atoms. The van der Waals surface area contributed by atoms with Gasteiger partial charge >= 0.3 is 0 Å². The minimum atomic E-state index is -0.757. The van der Waals surface area contributed by atoms with Crippen molar-refractivity contribution in [1.82, 2.24) is 10.2 Å². The standard InChI is InChI=1S/C19H23Cl2N3O3/c1-11(3-4-12(2)20)9-23-18(26)17-8-14(25)10-24(17)19(27)13-5-6-15(21)16(22)7-13/h3-7,14,17,25H,8-10,22H2,1-2H3,(H,23,26)/b11-3+,12-4+/t14-,17+/m1/s1. The van der Waals surface area contributed by atoms with Crippen LogP contribution in [0.3, 0.4) is 0 Å². The van der Waals surface area contributed by atoms with Crippen molar-refractivity contribution in [2.24, 2.45) is 0 Å². The smallest absolute Gasteiger partial charge is 0.254 e. The van der Waals surface area contributed by atoms with Gasteiger partial charge in [-0.25, -0.2) is 0 Å². The molecular formula is C19H23Cl2N3O3. The Balaban J connectivity index is 2.09. The molecule has 2 amide bonds. The van der Waals surface area contributed by atoms with Crippen molar-refractivity contribution in [2.45, 2.75) is 32.4 Å². The molecule has 0 radical (unpaired) electrons. The Morgan fingerprint density at radius 2 is 2.07 bits per heavy atom. The topological polar surface area (TPSA) is 95.7 Å². The minimum Gasteiger partial charge on any atom is -0.398 e. The lowest BCUT2D eigenvalue weighted by atomic mass is 10.1. The summed E-state index contributed by atoms with van der Waals surface area (Å²) >= 11 is 11.7. The molecule has 1 fully saturated rings. The lowest BCUT2D eigenvalue weighted by Gasteiger charge is -2.24. The third kappa shape index (κ3) is 5.73. The monoisotopic (exact) mass is 411 g/mol. The Kier molecular flexibility index (Phi) is 7.30. The van der Waals surface area contributed by atoms with Gasteiger partial charge in [0.1, 0.15) is 6.04 Å². The molecule has 2 atom stereocenters. The number of halogens is 2. The fourth-order valence-electron chi connectivity index (χ4n) is 2.79. The van der Waals surface area contributed by atoms with Gasteiger partial charge in [-0.3, -0.25) is 9.59 Å². The number of carbonyl (C=O) groups excluding carboxylic acids is 2. The molecule has 2 rings (SSSR count). The van der Waals surface area contributed by atoms with Crippen molar-refractivity contribution >= 4 is 40.7 Å². The second-order valence-electron chi connectivity index (χ2n) is 6.58. The number of anilines is 1. The van der Waals surface area contributed by atoms with Crippen molar-refractivity contribution in [3.63, 3.8) is 0 Å². The van der Waals surface area contributed by atoms with Crippen LogP contribution in [0.25, 0.3) is 0 Å². The summed E-state index contributed by atoms with van der Waals surface area (Å²) in [5.41, 5.74) is 7.27. The second-order valence-corrected chi connectivity index (χ2v) is 7.59. The van der Waals surface area contributed by atoms with Gasteiger partial charge in [0, 0.05) is 30.1 Å². The highest BCUT2D eigenvalue weighted by Gasteiger charge is 2.39. The number of amides is 2. The average Bonchev–Trinajstić information content (AvgIpc) is 3.01. The Labute approximate surface area is 168 Å². The van der Waals surface area contributed by atoms with Crippen molar-refractivity contribution in [3.05, 3.63) is 51.5 Å². The van der Waals surface area contributed by atoms with Crippen LogP contribution in [0, 0.1) is 0 Å². The van der Waals surface area contributed by atoms with Gasteiger partial charge < -0.3 is 21.1 Å². The first kappa shape index (κ1) is 21.3. The van der Waals surface area contributed by atoms with E-state index < -0.39 is 12.1 Å². The molecule has 0 aromatic heterocycles. The van der Waals surface area contributed by atoms with E-state index in [0.29, 0.717) is 22.2 Å². The minimum absolute atomic E-state index is 0.0858. The summed E-state index contributed by atoms with van der Waals surface area (Å²) in [6.45, 7) is 4.03. The van der Waals surface area contributed by atoms with E-state index in [1.165, 1.54) is 17.0 Å². The van der Waals surface area contributed by atoms with Crippen LogP contribution < -0.4 is 11.1 Å². The molecule has 0 bridgehead atoms. The number of nitrogens with zero attached hydrogens (tertiary/aromatic N) is 1. The molecule has 0 saturated carbocycles. The zero-order valence-electron chi connectivity index (χ0n) is 15.2. The molecule has 8 heteroatoms. The van der Waals surface area contributed by atoms with Gasteiger partial charge in [0.25, 0.3) is 5.91 Å². The Morgan fingerprint density at radius 3 is 2.70 bits per heavy atom. The number of β-amino-alcohol motifs (C(OH)–C–C–N with tert-alkyl or cyclic N) is 1. The SMILES string of the molecule is C/C(Cl)=C\C=C(/C)CNC(=O)[C@@H]1C[C@@H](O)CN1C(=O)c1ccc(Cl)c(N)c1. The number of aliphatic hydroxyl groups is 1. The molecule has 6 nitrogen and oxygen atoms in total. The lowest BCUT2D eigenvalue weighted by Crippen LogP contribution is -2.46. The number of hydrogen-bond acceptors (Lipinski definition) is 4. The largest absolute Gasteiger partial charge is 0.398 e. The third-order valence-electron chi connectivity index (χ3n) is 4.22. The first-order chi connectivity index (χ1) is 12.7. The fraction of sp³-hybridized carbons (Fsp3) is 0.368. The van der Waals surface area contributed by atoms with Crippen LogP contribution in [-0.2, 0) is 4.79 Å². The van der Waals surface area contributed by atoms with Crippen LogP contribution in [0.2, 0.25) is 5.02 Å². The average molecular weight is 412 g/mol. The van der Waals surface area contributed by atoms with Crippen LogP contribution in [-0.4, -0.2) is 47.1 Å². The van der Waals surface area contributed by atoms with Crippen molar-refractivity contribution in [3.8, 4) is 0 Å². The lowest BCUT2D eigenvalue weighted by molar-refractivity contribution is -0.124. The Hall–Kier alpha value is -2.02. The molecule has 1 aliphatic rings. The van der Waals surface area contributed by atoms with Crippen molar-refractivity contribution < 1.29 is 14.7 Å². The Morgan fingerprint density at radius 1 is 1.37 bits per heavy atom. The number of likely N-dealkylation sites (tertiary alicyclic amines) is 1. The van der Waals surface area contributed by atoms with E-state index in [4.69, 9.17) is 28.9 Å². The number of hydrogen-bond donors (Lipinski definition) is 3. The van der Waals surface area contributed by atoms with E-state index in [-0.39, 0.29) is 30.5 Å². The van der Waals surface area contributed by atoms with E-state index >= 15 is 0 Å². The molecule has 1 aromatic carbocycles. The van der Waals surface area contributed by atoms with Crippen LogP contribution in [0.15, 0.2) is 41.0 Å². The molecule has 0 unspecified atom stereocenters. The van der Waals surface area contributed by atoms with E-state index in [9.17, 15) is 14.7 Å². The highest BCUT2D eigenvalue weighted by atomic mass is 35.5.